The SMILES string of the molecule is C=C[Si](C=C)(C=C)CC#CCC. The molecule has 0 aliphatic heterocycles. The second-order valence-corrected chi connectivity index (χ2v) is 6.41. The van der Waals surface area contributed by atoms with Crippen molar-refractivity contribution < 1.29 is 0 Å². The molecule has 0 nitrogen and oxygen atoms in total. The largest absolute Gasteiger partial charge is 0.136 e. The fraction of sp³-hybridized carbons (Fsp3) is 0.273. The molecule has 0 N–H and O–H groups in total. The molecular weight excluding hydrogens is 160 g/mol. The lowest BCUT2D eigenvalue weighted by molar-refractivity contribution is 1.28. The van der Waals surface area contributed by atoms with E-state index in [9.17, 15) is 0 Å². The van der Waals surface area contributed by atoms with Gasteiger partial charge in [-0.2, -0.15) is 0 Å². The first-order valence-electron chi connectivity index (χ1n) is 4.11. The first kappa shape index (κ1) is 11.0. The Balaban J connectivity index is 4.40. The lowest BCUT2D eigenvalue weighted by Crippen LogP contribution is -2.25. The Kier molecular flexibility index (Phi) is 5.15. The Hall–Kier alpha value is -1.00. The summed E-state index contributed by atoms with van der Waals surface area (Å²) >= 11 is 0. The van der Waals surface area contributed by atoms with E-state index in [-0.39, 0.29) is 0 Å². The summed E-state index contributed by atoms with van der Waals surface area (Å²) in [6, 6.07) is 0.872. The van der Waals surface area contributed by atoms with Crippen molar-refractivity contribution >= 4 is 8.07 Å². The minimum absolute atomic E-state index is 0.872. The molecule has 0 saturated heterocycles. The van der Waals surface area contributed by atoms with Crippen LogP contribution in [0.1, 0.15) is 13.3 Å². The number of rotatable bonds is 4. The van der Waals surface area contributed by atoms with Crippen LogP contribution >= 0.6 is 0 Å². The van der Waals surface area contributed by atoms with E-state index in [0.717, 1.165) is 12.5 Å². The lowest BCUT2D eigenvalue weighted by Gasteiger charge is -2.14. The summed E-state index contributed by atoms with van der Waals surface area (Å²) in [4.78, 5) is 0. The third-order valence-corrected chi connectivity index (χ3v) is 4.91. The van der Waals surface area contributed by atoms with Gasteiger partial charge in [0.1, 0.15) is 8.07 Å². The maximum absolute atomic E-state index is 3.81. The normalized spacial score (nSPS) is 9.42. The average molecular weight is 176 g/mol. The van der Waals surface area contributed by atoms with Crippen LogP contribution in [-0.2, 0) is 0 Å². The summed E-state index contributed by atoms with van der Waals surface area (Å²) in [6.07, 6.45) is 0.913. The van der Waals surface area contributed by atoms with Crippen molar-refractivity contribution in [1.82, 2.24) is 0 Å². The summed E-state index contributed by atoms with van der Waals surface area (Å²) in [5, 5.41) is 0. The summed E-state index contributed by atoms with van der Waals surface area (Å²) in [7, 11) is -1.64. The standard InChI is InChI=1S/C11H16Si/c1-5-9-10-11-12(6-2,7-3)8-4/h6-8H,2-5,11H2,1H3. The van der Waals surface area contributed by atoms with Crippen LogP contribution in [0.3, 0.4) is 0 Å². The van der Waals surface area contributed by atoms with Crippen LogP contribution in [-0.4, -0.2) is 8.07 Å². The molecule has 0 fully saturated rings. The van der Waals surface area contributed by atoms with Crippen LogP contribution in [0, 0.1) is 11.8 Å². The Morgan fingerprint density at radius 2 is 1.58 bits per heavy atom. The highest BCUT2D eigenvalue weighted by Gasteiger charge is 2.19. The Morgan fingerprint density at radius 1 is 1.08 bits per heavy atom. The maximum atomic E-state index is 3.81. The van der Waals surface area contributed by atoms with Gasteiger partial charge in [-0.15, -0.1) is 31.6 Å². The van der Waals surface area contributed by atoms with Crippen LogP contribution in [0.15, 0.2) is 36.8 Å². The van der Waals surface area contributed by atoms with E-state index >= 15 is 0 Å². The molecule has 1 heteroatoms. The minimum atomic E-state index is -1.64. The molecule has 0 aromatic heterocycles. The quantitative estimate of drug-likeness (QED) is 0.456. The van der Waals surface area contributed by atoms with Gasteiger partial charge in [-0.25, -0.2) is 0 Å². The molecule has 0 aliphatic rings. The lowest BCUT2D eigenvalue weighted by atomic mass is 10.5. The van der Waals surface area contributed by atoms with Gasteiger partial charge in [-0.3, -0.25) is 0 Å². The molecule has 0 saturated carbocycles. The second kappa shape index (κ2) is 5.62. The van der Waals surface area contributed by atoms with E-state index in [1.807, 2.05) is 24.0 Å². The van der Waals surface area contributed by atoms with E-state index in [1.54, 1.807) is 0 Å². The van der Waals surface area contributed by atoms with Gasteiger partial charge in [0.05, 0.1) is 0 Å². The maximum Gasteiger partial charge on any atom is 0.136 e. The van der Waals surface area contributed by atoms with Crippen LogP contribution in [0.5, 0.6) is 0 Å². The van der Waals surface area contributed by atoms with Gasteiger partial charge < -0.3 is 0 Å². The Labute approximate surface area is 76.7 Å². The van der Waals surface area contributed by atoms with Crippen molar-refractivity contribution in [3.63, 3.8) is 0 Å². The predicted octanol–water partition coefficient (Wildman–Crippen LogP) is 3.02. The summed E-state index contributed by atoms with van der Waals surface area (Å²) in [6.45, 7) is 13.5. The molecule has 0 aliphatic carbocycles. The summed E-state index contributed by atoms with van der Waals surface area (Å²) in [5.41, 5.74) is 5.91. The highest BCUT2D eigenvalue weighted by molar-refractivity contribution is 6.93. The average Bonchev–Trinajstić information content (AvgIpc) is 2.14. The van der Waals surface area contributed by atoms with Crippen LogP contribution in [0.2, 0.25) is 6.04 Å². The van der Waals surface area contributed by atoms with Crippen LogP contribution in [0.25, 0.3) is 0 Å². The van der Waals surface area contributed by atoms with Gasteiger partial charge >= 0.3 is 0 Å². The molecule has 0 aromatic rings. The molecule has 0 rings (SSSR count). The van der Waals surface area contributed by atoms with Crippen molar-refractivity contribution in [2.45, 2.75) is 19.4 Å². The van der Waals surface area contributed by atoms with Crippen molar-refractivity contribution in [2.75, 3.05) is 0 Å². The van der Waals surface area contributed by atoms with Gasteiger partial charge in [0.25, 0.3) is 0 Å². The molecule has 0 bridgehead atoms. The zero-order chi connectivity index (χ0) is 9.45. The van der Waals surface area contributed by atoms with Gasteiger partial charge in [-0.1, -0.05) is 24.0 Å². The molecule has 0 heterocycles. The molecule has 0 radical (unpaired) electrons. The highest BCUT2D eigenvalue weighted by atomic mass is 28.3. The smallest absolute Gasteiger partial charge is 0.106 e. The second-order valence-electron chi connectivity index (χ2n) is 2.61. The predicted molar refractivity (Wildman–Crippen MR) is 59.2 cm³/mol. The molecular formula is C11H16Si. The molecule has 12 heavy (non-hydrogen) atoms. The Morgan fingerprint density at radius 3 is 1.92 bits per heavy atom. The third-order valence-electron chi connectivity index (χ3n) is 1.84. The molecule has 0 amide bonds. The van der Waals surface area contributed by atoms with Crippen LogP contribution in [0.4, 0.5) is 0 Å². The molecule has 0 atom stereocenters. The molecule has 0 spiro atoms. The van der Waals surface area contributed by atoms with Gasteiger partial charge in [0.15, 0.2) is 0 Å². The zero-order valence-corrected chi connectivity index (χ0v) is 8.77. The van der Waals surface area contributed by atoms with Gasteiger partial charge in [-0.05, 0) is 0 Å². The van der Waals surface area contributed by atoms with E-state index in [0.29, 0.717) is 0 Å². The first-order valence-corrected chi connectivity index (χ1v) is 6.55. The number of hydrogen-bond acceptors (Lipinski definition) is 0. The molecule has 0 unspecified atom stereocenters. The topological polar surface area (TPSA) is 0 Å². The monoisotopic (exact) mass is 176 g/mol. The van der Waals surface area contributed by atoms with Crippen molar-refractivity contribution in [2.24, 2.45) is 0 Å². The van der Waals surface area contributed by atoms with Gasteiger partial charge in [0, 0.05) is 12.5 Å². The summed E-state index contributed by atoms with van der Waals surface area (Å²) < 4.78 is 0. The minimum Gasteiger partial charge on any atom is -0.106 e. The van der Waals surface area contributed by atoms with Crippen molar-refractivity contribution in [1.29, 1.82) is 0 Å². The number of hydrogen-bond donors (Lipinski definition) is 0. The highest BCUT2D eigenvalue weighted by Crippen LogP contribution is 2.12. The van der Waals surface area contributed by atoms with E-state index < -0.39 is 8.07 Å². The fourth-order valence-corrected chi connectivity index (χ4v) is 2.17. The van der Waals surface area contributed by atoms with E-state index in [2.05, 4.69) is 31.6 Å². The van der Waals surface area contributed by atoms with Crippen molar-refractivity contribution in [3.05, 3.63) is 36.8 Å². The van der Waals surface area contributed by atoms with Gasteiger partial charge in [0.2, 0.25) is 0 Å². The fourth-order valence-electron chi connectivity index (χ4n) is 0.807. The van der Waals surface area contributed by atoms with E-state index in [4.69, 9.17) is 0 Å². The Bertz CT molecular complexity index is 205. The first-order chi connectivity index (χ1) is 5.74. The van der Waals surface area contributed by atoms with Crippen LogP contribution < -0.4 is 0 Å². The van der Waals surface area contributed by atoms with Crippen molar-refractivity contribution in [3.8, 4) is 11.8 Å². The molecule has 0 aromatic carbocycles. The molecule has 64 valence electrons. The third kappa shape index (κ3) is 2.94. The summed E-state index contributed by atoms with van der Waals surface area (Å²) in [5.74, 6) is 6.17. The van der Waals surface area contributed by atoms with E-state index in [1.165, 1.54) is 0 Å². The zero-order valence-electron chi connectivity index (χ0n) is 7.77.